The Bertz CT molecular complexity index is 424. The molecule has 1 fully saturated rings. The topological polar surface area (TPSA) is 23.6 Å². The zero-order valence-electron chi connectivity index (χ0n) is 11.6. The quantitative estimate of drug-likeness (QED) is 0.853. The number of hydrogen-bond donors (Lipinski definition) is 0. The lowest BCUT2D eigenvalue weighted by molar-refractivity contribution is -0.130. The van der Waals surface area contributed by atoms with Gasteiger partial charge in [-0.3, -0.25) is 9.69 Å². The highest BCUT2D eigenvalue weighted by Gasteiger charge is 2.23. The number of nitrogens with zero attached hydrogens (tertiary/aromatic N) is 2. The molecule has 1 aromatic rings. The van der Waals surface area contributed by atoms with E-state index in [1.165, 1.54) is 5.56 Å². The molecule has 0 aromatic heterocycles. The lowest BCUT2D eigenvalue weighted by atomic mass is 10.0. The Labute approximate surface area is 123 Å². The van der Waals surface area contributed by atoms with Gasteiger partial charge in [-0.15, -0.1) is 0 Å². The van der Waals surface area contributed by atoms with E-state index in [1.807, 2.05) is 11.9 Å². The second-order valence-electron chi connectivity index (χ2n) is 5.26. The summed E-state index contributed by atoms with van der Waals surface area (Å²) in [6, 6.07) is 8.92. The molecule has 0 spiro atoms. The van der Waals surface area contributed by atoms with Crippen LogP contribution in [0.25, 0.3) is 0 Å². The van der Waals surface area contributed by atoms with E-state index in [4.69, 9.17) is 0 Å². The van der Waals surface area contributed by atoms with E-state index >= 15 is 0 Å². The minimum absolute atomic E-state index is 0.173. The predicted octanol–water partition coefficient (Wildman–Crippen LogP) is 2.89. The van der Waals surface area contributed by atoms with Gasteiger partial charge in [0.15, 0.2) is 0 Å². The Hall–Kier alpha value is -0.870. The summed E-state index contributed by atoms with van der Waals surface area (Å²) >= 11 is 3.46. The van der Waals surface area contributed by atoms with E-state index in [0.717, 1.165) is 36.9 Å². The van der Waals surface area contributed by atoms with Crippen molar-refractivity contribution in [1.29, 1.82) is 0 Å². The first-order chi connectivity index (χ1) is 9.06. The second kappa shape index (κ2) is 6.53. The summed E-state index contributed by atoms with van der Waals surface area (Å²) in [6.07, 6.45) is 2.15. The second-order valence-corrected chi connectivity index (χ2v) is 6.18. The molecule has 1 aliphatic rings. The molecule has 0 radical (unpaired) electrons. The maximum absolute atomic E-state index is 11.4. The van der Waals surface area contributed by atoms with Gasteiger partial charge in [-0.1, -0.05) is 28.1 Å². The third-order valence-electron chi connectivity index (χ3n) is 3.92. The van der Waals surface area contributed by atoms with Gasteiger partial charge >= 0.3 is 0 Å². The van der Waals surface area contributed by atoms with Gasteiger partial charge in [-0.2, -0.15) is 0 Å². The van der Waals surface area contributed by atoms with Crippen LogP contribution in [-0.4, -0.2) is 41.9 Å². The Morgan fingerprint density at radius 2 is 1.89 bits per heavy atom. The van der Waals surface area contributed by atoms with Crippen LogP contribution in [0.3, 0.4) is 0 Å². The molecular formula is C15H21BrN2O. The fourth-order valence-electron chi connectivity index (χ4n) is 2.57. The summed E-state index contributed by atoms with van der Waals surface area (Å²) < 4.78 is 1.12. The summed E-state index contributed by atoms with van der Waals surface area (Å²) in [5.41, 5.74) is 1.35. The van der Waals surface area contributed by atoms with Gasteiger partial charge in [-0.05, 0) is 30.5 Å². The summed E-state index contributed by atoms with van der Waals surface area (Å²) in [5, 5.41) is 0. The first-order valence-electron chi connectivity index (χ1n) is 6.76. The van der Waals surface area contributed by atoms with E-state index < -0.39 is 0 Å². The van der Waals surface area contributed by atoms with Gasteiger partial charge in [0.2, 0.25) is 5.91 Å². The van der Waals surface area contributed by atoms with Crippen LogP contribution in [0.2, 0.25) is 0 Å². The van der Waals surface area contributed by atoms with Crippen LogP contribution in [0.4, 0.5) is 0 Å². The SMILES string of the molecule is CC(=O)N(C)C1CCN(Cc2ccc(Br)cc2)CC1. The summed E-state index contributed by atoms with van der Waals surface area (Å²) in [6.45, 7) is 4.79. The molecule has 0 aliphatic carbocycles. The number of rotatable bonds is 3. The van der Waals surface area contributed by atoms with E-state index in [1.54, 1.807) is 6.92 Å². The number of hydrogen-bond acceptors (Lipinski definition) is 2. The largest absolute Gasteiger partial charge is 0.343 e. The van der Waals surface area contributed by atoms with E-state index in [-0.39, 0.29) is 5.91 Å². The lowest BCUT2D eigenvalue weighted by Gasteiger charge is -2.36. The minimum Gasteiger partial charge on any atom is -0.343 e. The van der Waals surface area contributed by atoms with Gasteiger partial charge < -0.3 is 4.90 Å². The molecule has 1 heterocycles. The van der Waals surface area contributed by atoms with Crippen LogP contribution < -0.4 is 0 Å². The molecule has 19 heavy (non-hydrogen) atoms. The molecule has 2 rings (SSSR count). The van der Waals surface area contributed by atoms with Crippen LogP contribution in [0.5, 0.6) is 0 Å². The smallest absolute Gasteiger partial charge is 0.219 e. The fraction of sp³-hybridized carbons (Fsp3) is 0.533. The maximum atomic E-state index is 11.4. The number of carbonyl (C=O) groups excluding carboxylic acids is 1. The average Bonchev–Trinajstić information content (AvgIpc) is 2.41. The van der Waals surface area contributed by atoms with Crippen LogP contribution in [0.15, 0.2) is 28.7 Å². The van der Waals surface area contributed by atoms with Crippen LogP contribution in [-0.2, 0) is 11.3 Å². The van der Waals surface area contributed by atoms with Crippen LogP contribution >= 0.6 is 15.9 Å². The van der Waals surface area contributed by atoms with Crippen molar-refractivity contribution in [3.05, 3.63) is 34.3 Å². The number of benzene rings is 1. The zero-order valence-corrected chi connectivity index (χ0v) is 13.2. The normalized spacial score (nSPS) is 17.4. The standard InChI is InChI=1S/C15H21BrN2O/c1-12(19)17(2)15-7-9-18(10-8-15)11-13-3-5-14(16)6-4-13/h3-6,15H,7-11H2,1-2H3. The maximum Gasteiger partial charge on any atom is 0.219 e. The molecule has 1 saturated heterocycles. The number of likely N-dealkylation sites (tertiary alicyclic amines) is 1. The minimum atomic E-state index is 0.173. The van der Waals surface area contributed by atoms with E-state index in [2.05, 4.69) is 45.1 Å². The Balaban J connectivity index is 1.83. The van der Waals surface area contributed by atoms with Gasteiger partial charge in [0.1, 0.15) is 0 Å². The predicted molar refractivity (Wildman–Crippen MR) is 80.9 cm³/mol. The molecule has 1 aromatic carbocycles. The number of carbonyl (C=O) groups is 1. The molecule has 0 unspecified atom stereocenters. The third-order valence-corrected chi connectivity index (χ3v) is 4.45. The molecule has 104 valence electrons. The van der Waals surface area contributed by atoms with Crippen molar-refractivity contribution in [2.75, 3.05) is 20.1 Å². The monoisotopic (exact) mass is 324 g/mol. The molecular weight excluding hydrogens is 304 g/mol. The Kier molecular flexibility index (Phi) is 4.99. The Morgan fingerprint density at radius 3 is 2.42 bits per heavy atom. The summed E-state index contributed by atoms with van der Waals surface area (Å²) in [5.74, 6) is 0.173. The molecule has 3 nitrogen and oxygen atoms in total. The first kappa shape index (κ1) is 14.5. The molecule has 1 amide bonds. The van der Waals surface area contributed by atoms with Crippen molar-refractivity contribution in [3.63, 3.8) is 0 Å². The van der Waals surface area contributed by atoms with Crippen molar-refractivity contribution in [2.45, 2.75) is 32.4 Å². The molecule has 1 aliphatic heterocycles. The highest BCUT2D eigenvalue weighted by Crippen LogP contribution is 2.18. The van der Waals surface area contributed by atoms with Gasteiger partial charge in [0, 0.05) is 44.1 Å². The fourth-order valence-corrected chi connectivity index (χ4v) is 2.83. The van der Waals surface area contributed by atoms with Crippen LogP contribution in [0.1, 0.15) is 25.3 Å². The van der Waals surface area contributed by atoms with Gasteiger partial charge in [0.05, 0.1) is 0 Å². The summed E-state index contributed by atoms with van der Waals surface area (Å²) in [7, 11) is 1.91. The van der Waals surface area contributed by atoms with Crippen LogP contribution in [0, 0.1) is 0 Å². The van der Waals surface area contributed by atoms with Crippen molar-refractivity contribution in [1.82, 2.24) is 9.80 Å². The first-order valence-corrected chi connectivity index (χ1v) is 7.56. The van der Waals surface area contributed by atoms with Crippen molar-refractivity contribution < 1.29 is 4.79 Å². The van der Waals surface area contributed by atoms with Crippen molar-refractivity contribution in [2.24, 2.45) is 0 Å². The van der Waals surface area contributed by atoms with Gasteiger partial charge in [0.25, 0.3) is 0 Å². The highest BCUT2D eigenvalue weighted by atomic mass is 79.9. The third kappa shape index (κ3) is 4.05. The molecule has 0 saturated carbocycles. The molecule has 4 heteroatoms. The van der Waals surface area contributed by atoms with E-state index in [9.17, 15) is 4.79 Å². The molecule has 0 bridgehead atoms. The number of halogens is 1. The molecule has 0 N–H and O–H groups in total. The lowest BCUT2D eigenvalue weighted by Crippen LogP contribution is -2.44. The highest BCUT2D eigenvalue weighted by molar-refractivity contribution is 9.10. The van der Waals surface area contributed by atoms with Crippen molar-refractivity contribution in [3.8, 4) is 0 Å². The Morgan fingerprint density at radius 1 is 1.32 bits per heavy atom. The average molecular weight is 325 g/mol. The summed E-state index contributed by atoms with van der Waals surface area (Å²) in [4.78, 5) is 15.7. The molecule has 0 atom stereocenters. The van der Waals surface area contributed by atoms with Crippen molar-refractivity contribution >= 4 is 21.8 Å². The van der Waals surface area contributed by atoms with E-state index in [0.29, 0.717) is 6.04 Å². The zero-order chi connectivity index (χ0) is 13.8. The number of amides is 1. The van der Waals surface area contributed by atoms with Gasteiger partial charge in [-0.25, -0.2) is 0 Å². The number of piperidine rings is 1.